The summed E-state index contributed by atoms with van der Waals surface area (Å²) in [5, 5.41) is 9.16. The number of hydrogen-bond donors (Lipinski definition) is 1. The zero-order chi connectivity index (χ0) is 23.0. The Hall–Kier alpha value is -3.59. The van der Waals surface area contributed by atoms with E-state index in [2.05, 4.69) is 0 Å². The van der Waals surface area contributed by atoms with Crippen molar-refractivity contribution in [2.24, 2.45) is 0 Å². The number of halogens is 3. The van der Waals surface area contributed by atoms with E-state index in [1.54, 1.807) is 30.3 Å². The number of carbonyl (C=O) groups is 1. The van der Waals surface area contributed by atoms with E-state index in [9.17, 15) is 26.4 Å². The first-order valence-electron chi connectivity index (χ1n) is 9.50. The summed E-state index contributed by atoms with van der Waals surface area (Å²) in [5.41, 5.74) is 0.595. The van der Waals surface area contributed by atoms with Crippen LogP contribution >= 0.6 is 0 Å². The number of benzene rings is 3. The number of carboxylic acid groups (broad SMARTS) is 1. The van der Waals surface area contributed by atoms with Crippen LogP contribution in [-0.2, 0) is 21.2 Å². The molecule has 0 saturated carbocycles. The van der Waals surface area contributed by atoms with Gasteiger partial charge in [-0.05, 0) is 47.9 Å². The molecule has 32 heavy (non-hydrogen) atoms. The Kier molecular flexibility index (Phi) is 5.52. The van der Waals surface area contributed by atoms with Crippen LogP contribution in [0.2, 0.25) is 0 Å². The lowest BCUT2D eigenvalue weighted by molar-refractivity contribution is -0.136. The van der Waals surface area contributed by atoms with Crippen molar-refractivity contribution < 1.29 is 31.5 Å². The van der Waals surface area contributed by atoms with E-state index in [0.29, 0.717) is 5.56 Å². The van der Waals surface area contributed by atoms with Crippen LogP contribution in [0.4, 0.5) is 13.2 Å². The summed E-state index contributed by atoms with van der Waals surface area (Å²) in [7, 11) is -4.70. The number of aliphatic carboxylic acids is 1. The Morgan fingerprint density at radius 3 is 2.38 bits per heavy atom. The maximum atomic E-state index is 14.9. The molecule has 9 heteroatoms. The van der Waals surface area contributed by atoms with Crippen molar-refractivity contribution in [3.63, 3.8) is 0 Å². The summed E-state index contributed by atoms with van der Waals surface area (Å²) in [6, 6.07) is 13.4. The highest BCUT2D eigenvalue weighted by molar-refractivity contribution is 7.90. The van der Waals surface area contributed by atoms with Crippen LogP contribution in [0, 0.1) is 17.5 Å². The predicted molar refractivity (Wildman–Crippen MR) is 112 cm³/mol. The first kappa shape index (κ1) is 21.6. The molecule has 0 unspecified atom stereocenters. The first-order valence-corrected chi connectivity index (χ1v) is 10.9. The summed E-state index contributed by atoms with van der Waals surface area (Å²) >= 11 is 0. The van der Waals surface area contributed by atoms with Crippen LogP contribution in [0.5, 0.6) is 0 Å². The van der Waals surface area contributed by atoms with Crippen LogP contribution in [0.1, 0.15) is 12.0 Å². The molecule has 0 bridgehead atoms. The molecule has 0 saturated heterocycles. The van der Waals surface area contributed by atoms with Crippen molar-refractivity contribution in [2.45, 2.75) is 17.7 Å². The number of nitrogens with zero attached hydrogens (tertiary/aromatic N) is 1. The van der Waals surface area contributed by atoms with E-state index >= 15 is 0 Å². The zero-order valence-electron chi connectivity index (χ0n) is 16.4. The van der Waals surface area contributed by atoms with E-state index in [1.165, 1.54) is 12.1 Å². The van der Waals surface area contributed by atoms with E-state index in [0.717, 1.165) is 28.4 Å². The van der Waals surface area contributed by atoms with Crippen molar-refractivity contribution in [1.29, 1.82) is 0 Å². The van der Waals surface area contributed by atoms with Gasteiger partial charge in [-0.3, -0.25) is 4.79 Å². The Morgan fingerprint density at radius 2 is 1.69 bits per heavy atom. The highest BCUT2D eigenvalue weighted by Crippen LogP contribution is 2.35. The van der Waals surface area contributed by atoms with Gasteiger partial charge in [-0.15, -0.1) is 0 Å². The number of fused-ring (bicyclic) bond motifs is 1. The molecule has 0 amide bonds. The quantitative estimate of drug-likeness (QED) is 0.441. The zero-order valence-corrected chi connectivity index (χ0v) is 17.2. The molecule has 1 N–H and O–H groups in total. The van der Waals surface area contributed by atoms with Crippen LogP contribution in [0.15, 0.2) is 71.8 Å². The Morgan fingerprint density at radius 1 is 0.969 bits per heavy atom. The minimum Gasteiger partial charge on any atom is -0.481 e. The molecule has 4 aromatic rings. The molecule has 4 rings (SSSR count). The minimum atomic E-state index is -4.70. The largest absolute Gasteiger partial charge is 0.481 e. The van der Waals surface area contributed by atoms with Crippen LogP contribution < -0.4 is 0 Å². The lowest BCUT2D eigenvalue weighted by Gasteiger charge is -2.14. The van der Waals surface area contributed by atoms with Gasteiger partial charge < -0.3 is 5.11 Å². The summed E-state index contributed by atoms with van der Waals surface area (Å²) in [4.78, 5) is 10.1. The molecule has 5 nitrogen and oxygen atoms in total. The van der Waals surface area contributed by atoms with Gasteiger partial charge in [0.1, 0.15) is 10.7 Å². The van der Waals surface area contributed by atoms with Gasteiger partial charge >= 0.3 is 5.97 Å². The van der Waals surface area contributed by atoms with Gasteiger partial charge in [0.25, 0.3) is 10.0 Å². The molecular formula is C23H16F3NO4S. The molecule has 0 spiro atoms. The average Bonchev–Trinajstić information content (AvgIpc) is 3.13. The third-order valence-corrected chi connectivity index (χ3v) is 6.81. The smallest absolute Gasteiger partial charge is 0.303 e. The highest BCUT2D eigenvalue weighted by Gasteiger charge is 2.30. The third-order valence-electron chi connectivity index (χ3n) is 5.07. The van der Waals surface area contributed by atoms with Gasteiger partial charge in [0, 0.05) is 23.6 Å². The second kappa shape index (κ2) is 8.16. The van der Waals surface area contributed by atoms with Gasteiger partial charge in [0.15, 0.2) is 11.6 Å². The standard InChI is InChI=1S/C23H16F3NO4S/c24-16-7-10-20-18(12-16)15(6-11-21(28)29)13-27(20)32(30,31)23-17(8-9-19(25)22(23)26)14-4-2-1-3-5-14/h1-5,7-10,12-13H,6,11H2,(H,28,29). The molecule has 0 atom stereocenters. The first-order chi connectivity index (χ1) is 15.2. The van der Waals surface area contributed by atoms with E-state index < -0.39 is 38.3 Å². The Bertz CT molecular complexity index is 1450. The summed E-state index contributed by atoms with van der Waals surface area (Å²) in [6.07, 6.45) is 0.732. The molecule has 0 aliphatic rings. The third kappa shape index (κ3) is 3.75. The number of aromatic nitrogens is 1. The normalized spacial score (nSPS) is 11.7. The van der Waals surface area contributed by atoms with E-state index in [-0.39, 0.29) is 34.9 Å². The predicted octanol–water partition coefficient (Wildman–Crippen LogP) is 4.98. The summed E-state index contributed by atoms with van der Waals surface area (Å²) in [5.74, 6) is -4.64. The maximum absolute atomic E-state index is 14.9. The van der Waals surface area contributed by atoms with Crippen LogP contribution in [0.25, 0.3) is 22.0 Å². The van der Waals surface area contributed by atoms with Gasteiger partial charge in [0.05, 0.1) is 5.52 Å². The number of aryl methyl sites for hydroxylation is 1. The fourth-order valence-electron chi connectivity index (χ4n) is 3.61. The van der Waals surface area contributed by atoms with Crippen LogP contribution in [-0.4, -0.2) is 23.5 Å². The molecule has 1 heterocycles. The monoisotopic (exact) mass is 459 g/mol. The fraction of sp³-hybridized carbons (Fsp3) is 0.0870. The number of rotatable bonds is 6. The molecule has 164 valence electrons. The van der Waals surface area contributed by atoms with Crippen molar-refractivity contribution in [1.82, 2.24) is 3.97 Å². The van der Waals surface area contributed by atoms with Crippen molar-refractivity contribution >= 4 is 26.9 Å². The number of carboxylic acids is 1. The molecule has 0 radical (unpaired) electrons. The topological polar surface area (TPSA) is 76.4 Å². The summed E-state index contributed by atoms with van der Waals surface area (Å²) in [6.45, 7) is 0. The number of hydrogen-bond acceptors (Lipinski definition) is 3. The van der Waals surface area contributed by atoms with Crippen molar-refractivity contribution in [2.75, 3.05) is 0 Å². The second-order valence-corrected chi connectivity index (χ2v) is 8.87. The lowest BCUT2D eigenvalue weighted by Crippen LogP contribution is -2.16. The van der Waals surface area contributed by atoms with Gasteiger partial charge in [-0.1, -0.05) is 30.3 Å². The van der Waals surface area contributed by atoms with Crippen molar-refractivity contribution in [3.05, 3.63) is 89.9 Å². The molecule has 0 aliphatic heterocycles. The van der Waals surface area contributed by atoms with Gasteiger partial charge in [0.2, 0.25) is 0 Å². The average molecular weight is 459 g/mol. The van der Waals surface area contributed by atoms with E-state index in [4.69, 9.17) is 5.11 Å². The second-order valence-electron chi connectivity index (χ2n) is 7.11. The SMILES string of the molecule is O=C(O)CCc1cn(S(=O)(=O)c2c(-c3ccccc3)ccc(F)c2F)c2ccc(F)cc12. The fourth-order valence-corrected chi connectivity index (χ4v) is 5.27. The van der Waals surface area contributed by atoms with Crippen LogP contribution in [0.3, 0.4) is 0 Å². The minimum absolute atomic E-state index is 0.0226. The lowest BCUT2D eigenvalue weighted by atomic mass is 10.1. The Labute approximate surface area is 181 Å². The highest BCUT2D eigenvalue weighted by atomic mass is 32.2. The van der Waals surface area contributed by atoms with E-state index in [1.807, 2.05) is 0 Å². The molecule has 0 aliphatic carbocycles. The maximum Gasteiger partial charge on any atom is 0.303 e. The molecule has 1 aromatic heterocycles. The van der Waals surface area contributed by atoms with Gasteiger partial charge in [-0.25, -0.2) is 25.6 Å². The van der Waals surface area contributed by atoms with Gasteiger partial charge in [-0.2, -0.15) is 0 Å². The summed E-state index contributed by atoms with van der Waals surface area (Å²) < 4.78 is 70.9. The Balaban J connectivity index is 2.00. The van der Waals surface area contributed by atoms with Crippen molar-refractivity contribution in [3.8, 4) is 11.1 Å². The molecule has 0 fully saturated rings. The molecular weight excluding hydrogens is 443 g/mol. The molecule has 3 aromatic carbocycles.